The molecule has 3 rings (SSSR count). The van der Waals surface area contributed by atoms with Crippen LogP contribution in [0.2, 0.25) is 10.0 Å². The van der Waals surface area contributed by atoms with E-state index in [9.17, 15) is 13.2 Å². The summed E-state index contributed by atoms with van der Waals surface area (Å²) in [5.74, 6) is 0.744. The van der Waals surface area contributed by atoms with Crippen molar-refractivity contribution in [2.24, 2.45) is 0 Å². The Hall–Kier alpha value is -1.25. The number of hydrogen-bond acceptors (Lipinski definition) is 4. The fraction of sp³-hybridized carbons (Fsp3) is 0.381. The second-order valence-corrected chi connectivity index (χ2v) is 10.8. The molecule has 1 amide bonds. The molecular formula is C21H24Cl2N2O3S2. The van der Waals surface area contributed by atoms with Gasteiger partial charge in [0.05, 0.1) is 20.7 Å². The number of thioether (sulfide) groups is 1. The lowest BCUT2D eigenvalue weighted by molar-refractivity contribution is -0.113. The number of benzene rings is 2. The maximum Gasteiger partial charge on any atom is 0.240 e. The van der Waals surface area contributed by atoms with Crippen LogP contribution in [0.5, 0.6) is 0 Å². The minimum absolute atomic E-state index is 0.00988. The van der Waals surface area contributed by atoms with E-state index in [1.54, 1.807) is 24.3 Å². The first kappa shape index (κ1) is 23.4. The molecule has 0 unspecified atom stereocenters. The predicted octanol–water partition coefficient (Wildman–Crippen LogP) is 5.48. The first-order valence-corrected chi connectivity index (χ1v) is 13.2. The number of halogens is 2. The maximum atomic E-state index is 12.5. The van der Waals surface area contributed by atoms with Crippen molar-refractivity contribution in [2.45, 2.75) is 48.8 Å². The van der Waals surface area contributed by atoms with E-state index in [0.717, 1.165) is 31.2 Å². The molecule has 0 radical (unpaired) electrons. The van der Waals surface area contributed by atoms with Crippen molar-refractivity contribution in [1.29, 1.82) is 0 Å². The van der Waals surface area contributed by atoms with E-state index in [4.69, 9.17) is 23.2 Å². The number of hydrogen-bond donors (Lipinski definition) is 2. The summed E-state index contributed by atoms with van der Waals surface area (Å²) in [6.45, 7) is 0. The highest BCUT2D eigenvalue weighted by Crippen LogP contribution is 2.25. The lowest BCUT2D eigenvalue weighted by atomic mass is 9.96. The zero-order chi connectivity index (χ0) is 21.6. The van der Waals surface area contributed by atoms with E-state index in [2.05, 4.69) is 10.0 Å². The van der Waals surface area contributed by atoms with Crippen molar-refractivity contribution in [3.63, 3.8) is 0 Å². The molecule has 0 spiro atoms. The molecule has 1 saturated carbocycles. The molecule has 1 aliphatic carbocycles. The van der Waals surface area contributed by atoms with Gasteiger partial charge in [0.15, 0.2) is 0 Å². The summed E-state index contributed by atoms with van der Waals surface area (Å²) >= 11 is 13.3. The lowest BCUT2D eigenvalue weighted by Gasteiger charge is -2.22. The molecule has 0 heterocycles. The zero-order valence-electron chi connectivity index (χ0n) is 16.4. The minimum Gasteiger partial charge on any atom is -0.325 e. The Morgan fingerprint density at radius 3 is 2.37 bits per heavy atom. The second kappa shape index (κ2) is 10.9. The summed E-state index contributed by atoms with van der Waals surface area (Å²) in [6, 6.07) is 11.7. The summed E-state index contributed by atoms with van der Waals surface area (Å²) < 4.78 is 27.9. The molecule has 30 heavy (non-hydrogen) atoms. The Labute approximate surface area is 192 Å². The number of carbonyl (C=O) groups excluding carboxylic acids is 1. The van der Waals surface area contributed by atoms with Gasteiger partial charge in [0.25, 0.3) is 0 Å². The zero-order valence-corrected chi connectivity index (χ0v) is 19.5. The Kier molecular flexibility index (Phi) is 8.48. The Bertz CT molecular complexity index is 976. The van der Waals surface area contributed by atoms with Gasteiger partial charge in [-0.1, -0.05) is 48.5 Å². The van der Waals surface area contributed by atoms with E-state index >= 15 is 0 Å². The van der Waals surface area contributed by atoms with Gasteiger partial charge < -0.3 is 5.32 Å². The molecule has 1 aliphatic rings. The van der Waals surface area contributed by atoms with E-state index in [-0.39, 0.29) is 22.6 Å². The van der Waals surface area contributed by atoms with E-state index < -0.39 is 10.0 Å². The van der Waals surface area contributed by atoms with Gasteiger partial charge in [-0.25, -0.2) is 13.1 Å². The summed E-state index contributed by atoms with van der Waals surface area (Å²) in [7, 11) is -3.54. The summed E-state index contributed by atoms with van der Waals surface area (Å²) in [5, 5.41) is 3.78. The third kappa shape index (κ3) is 6.89. The first-order valence-electron chi connectivity index (χ1n) is 9.77. The molecule has 5 nitrogen and oxygen atoms in total. The van der Waals surface area contributed by atoms with Gasteiger partial charge in [-0.05, 0) is 54.8 Å². The molecule has 1 fully saturated rings. The van der Waals surface area contributed by atoms with Crippen LogP contribution in [-0.2, 0) is 20.6 Å². The van der Waals surface area contributed by atoms with Crippen molar-refractivity contribution in [1.82, 2.24) is 4.72 Å². The number of anilines is 1. The van der Waals surface area contributed by atoms with Crippen LogP contribution in [0.25, 0.3) is 0 Å². The third-order valence-electron chi connectivity index (χ3n) is 4.86. The molecule has 2 N–H and O–H groups in total. The van der Waals surface area contributed by atoms with Crippen molar-refractivity contribution < 1.29 is 13.2 Å². The molecule has 0 saturated heterocycles. The van der Waals surface area contributed by atoms with Gasteiger partial charge in [0.1, 0.15) is 0 Å². The Morgan fingerprint density at radius 1 is 1.00 bits per heavy atom. The monoisotopic (exact) mass is 486 g/mol. The van der Waals surface area contributed by atoms with Crippen LogP contribution < -0.4 is 10.0 Å². The first-order chi connectivity index (χ1) is 14.3. The third-order valence-corrected chi connectivity index (χ3v) is 8.14. The number of amides is 1. The summed E-state index contributed by atoms with van der Waals surface area (Å²) in [5.41, 5.74) is 1.55. The number of rotatable bonds is 8. The van der Waals surface area contributed by atoms with E-state index in [1.165, 1.54) is 30.3 Å². The van der Waals surface area contributed by atoms with Gasteiger partial charge >= 0.3 is 0 Å². The van der Waals surface area contributed by atoms with Gasteiger partial charge in [-0.15, -0.1) is 11.8 Å². The second-order valence-electron chi connectivity index (χ2n) is 7.27. The average molecular weight is 487 g/mol. The van der Waals surface area contributed by atoms with Gasteiger partial charge in [-0.3, -0.25) is 4.79 Å². The molecule has 0 atom stereocenters. The van der Waals surface area contributed by atoms with E-state index in [1.807, 2.05) is 6.07 Å². The van der Waals surface area contributed by atoms with Crippen LogP contribution in [0.15, 0.2) is 47.4 Å². The van der Waals surface area contributed by atoms with Crippen molar-refractivity contribution >= 4 is 56.6 Å². The molecule has 0 aromatic heterocycles. The molecule has 0 aliphatic heterocycles. The van der Waals surface area contributed by atoms with Crippen molar-refractivity contribution in [2.75, 3.05) is 11.1 Å². The highest BCUT2D eigenvalue weighted by molar-refractivity contribution is 7.99. The molecule has 0 bridgehead atoms. The standard InChI is InChI=1S/C21H24Cl2N2O3S2/c22-19-11-6-15(12-20(19)23)13-29-14-21(26)24-16-7-9-18(10-8-16)30(27,28)25-17-4-2-1-3-5-17/h6-12,17,25H,1-5,13-14H2,(H,24,26). The Morgan fingerprint density at radius 2 is 1.70 bits per heavy atom. The average Bonchev–Trinajstić information content (AvgIpc) is 2.71. The molecular weight excluding hydrogens is 463 g/mol. The van der Waals surface area contributed by atoms with Gasteiger partial charge in [0.2, 0.25) is 15.9 Å². The van der Waals surface area contributed by atoms with Crippen LogP contribution in [0.3, 0.4) is 0 Å². The van der Waals surface area contributed by atoms with Gasteiger partial charge in [0, 0.05) is 17.5 Å². The predicted molar refractivity (Wildman–Crippen MR) is 125 cm³/mol. The van der Waals surface area contributed by atoms with Crippen molar-refractivity contribution in [3.05, 3.63) is 58.1 Å². The quantitative estimate of drug-likeness (QED) is 0.518. The molecule has 2 aromatic carbocycles. The molecule has 2 aromatic rings. The lowest BCUT2D eigenvalue weighted by Crippen LogP contribution is -2.36. The SMILES string of the molecule is O=C(CSCc1ccc(Cl)c(Cl)c1)Nc1ccc(S(=O)(=O)NC2CCCCC2)cc1. The normalized spacial score (nSPS) is 15.1. The maximum absolute atomic E-state index is 12.5. The summed E-state index contributed by atoms with van der Waals surface area (Å²) in [6.07, 6.45) is 5.04. The van der Waals surface area contributed by atoms with Crippen LogP contribution in [0.4, 0.5) is 5.69 Å². The van der Waals surface area contributed by atoms with Crippen LogP contribution in [0, 0.1) is 0 Å². The number of nitrogens with one attached hydrogen (secondary N) is 2. The van der Waals surface area contributed by atoms with Crippen molar-refractivity contribution in [3.8, 4) is 0 Å². The number of sulfonamides is 1. The highest BCUT2D eigenvalue weighted by atomic mass is 35.5. The Balaban J connectivity index is 1.48. The molecule has 162 valence electrons. The minimum atomic E-state index is -3.54. The smallest absolute Gasteiger partial charge is 0.240 e. The van der Waals surface area contributed by atoms with E-state index in [0.29, 0.717) is 21.5 Å². The largest absolute Gasteiger partial charge is 0.325 e. The van der Waals surface area contributed by atoms with Crippen LogP contribution in [-0.4, -0.2) is 26.1 Å². The fourth-order valence-corrected chi connectivity index (χ4v) is 5.71. The van der Waals surface area contributed by atoms with Gasteiger partial charge in [-0.2, -0.15) is 0 Å². The topological polar surface area (TPSA) is 75.3 Å². The molecule has 9 heteroatoms. The summed E-state index contributed by atoms with van der Waals surface area (Å²) in [4.78, 5) is 12.4. The van der Waals surface area contributed by atoms with Crippen LogP contribution in [0.1, 0.15) is 37.7 Å². The number of carbonyl (C=O) groups is 1. The highest BCUT2D eigenvalue weighted by Gasteiger charge is 2.21. The van der Waals surface area contributed by atoms with Crippen LogP contribution >= 0.6 is 35.0 Å². The fourth-order valence-electron chi connectivity index (χ4n) is 3.31.